The lowest BCUT2D eigenvalue weighted by Gasteiger charge is -2.13. The van der Waals surface area contributed by atoms with Gasteiger partial charge in [-0.3, -0.25) is 0 Å². The molecule has 0 amide bonds. The minimum absolute atomic E-state index is 0.00101. The van der Waals surface area contributed by atoms with Crippen LogP contribution in [0.2, 0.25) is 5.02 Å². The summed E-state index contributed by atoms with van der Waals surface area (Å²) in [6.07, 6.45) is 0. The van der Waals surface area contributed by atoms with Crippen LogP contribution in [-0.4, -0.2) is 4.99 Å². The molecular formula is C13H8ClF3N2S. The van der Waals surface area contributed by atoms with Crippen molar-refractivity contribution in [3.63, 3.8) is 0 Å². The Hall–Kier alpha value is -1.79. The second-order valence-electron chi connectivity index (χ2n) is 3.90. The fourth-order valence-corrected chi connectivity index (χ4v) is 2.19. The Kier molecular flexibility index (Phi) is 4.15. The van der Waals surface area contributed by atoms with Gasteiger partial charge in [0.1, 0.15) is 10.8 Å². The van der Waals surface area contributed by atoms with E-state index in [0.29, 0.717) is 23.4 Å². The summed E-state index contributed by atoms with van der Waals surface area (Å²) in [4.78, 5) is 0.00101. The van der Waals surface area contributed by atoms with Crippen LogP contribution in [0.5, 0.6) is 0 Å². The van der Waals surface area contributed by atoms with E-state index in [1.165, 1.54) is 0 Å². The maximum Gasteiger partial charge on any atom is 0.161 e. The standard InChI is InChI=1S/C13H8ClF3N2S/c14-6-2-1-3-10(12(6)13(18)20)19-11-5-8(16)7(15)4-9(11)17/h1-5,19H,(H2,18,20). The molecule has 0 atom stereocenters. The van der Waals surface area contributed by atoms with Crippen molar-refractivity contribution in [3.05, 3.63) is 58.4 Å². The van der Waals surface area contributed by atoms with Crippen LogP contribution in [0, 0.1) is 17.5 Å². The Bertz CT molecular complexity index is 692. The van der Waals surface area contributed by atoms with Crippen molar-refractivity contribution in [1.82, 2.24) is 0 Å². The van der Waals surface area contributed by atoms with Gasteiger partial charge < -0.3 is 11.1 Å². The lowest BCUT2D eigenvalue weighted by Crippen LogP contribution is -2.13. The summed E-state index contributed by atoms with van der Waals surface area (Å²) < 4.78 is 39.6. The predicted octanol–water partition coefficient (Wildman–Crippen LogP) is 4.14. The number of halogens is 4. The summed E-state index contributed by atoms with van der Waals surface area (Å²) in [5.41, 5.74) is 5.89. The molecule has 7 heteroatoms. The van der Waals surface area contributed by atoms with Crippen LogP contribution in [0.25, 0.3) is 0 Å². The molecule has 104 valence electrons. The first-order chi connectivity index (χ1) is 9.40. The van der Waals surface area contributed by atoms with Gasteiger partial charge in [-0.25, -0.2) is 13.2 Å². The van der Waals surface area contributed by atoms with E-state index in [9.17, 15) is 13.2 Å². The molecule has 0 aromatic heterocycles. The van der Waals surface area contributed by atoms with E-state index >= 15 is 0 Å². The number of hydrogen-bond acceptors (Lipinski definition) is 2. The zero-order valence-electron chi connectivity index (χ0n) is 9.88. The van der Waals surface area contributed by atoms with E-state index in [1.807, 2.05) is 0 Å². The van der Waals surface area contributed by atoms with Crippen LogP contribution < -0.4 is 11.1 Å². The number of nitrogens with two attached hydrogens (primary N) is 1. The maximum atomic E-state index is 13.6. The highest BCUT2D eigenvalue weighted by molar-refractivity contribution is 7.80. The van der Waals surface area contributed by atoms with E-state index in [1.54, 1.807) is 18.2 Å². The molecule has 0 fully saturated rings. The molecule has 0 saturated carbocycles. The van der Waals surface area contributed by atoms with Crippen LogP contribution in [0.1, 0.15) is 5.56 Å². The smallest absolute Gasteiger partial charge is 0.161 e. The van der Waals surface area contributed by atoms with E-state index < -0.39 is 17.5 Å². The Morgan fingerprint density at radius 3 is 2.35 bits per heavy atom. The third-order valence-electron chi connectivity index (χ3n) is 2.54. The van der Waals surface area contributed by atoms with Gasteiger partial charge in [0.05, 0.1) is 22.0 Å². The molecule has 0 aliphatic rings. The van der Waals surface area contributed by atoms with E-state index in [0.717, 1.165) is 0 Å². The number of thiocarbonyl (C=S) groups is 1. The van der Waals surface area contributed by atoms with Crippen molar-refractivity contribution in [3.8, 4) is 0 Å². The first-order valence-corrected chi connectivity index (χ1v) is 6.18. The summed E-state index contributed by atoms with van der Waals surface area (Å²) in [7, 11) is 0. The zero-order valence-corrected chi connectivity index (χ0v) is 11.5. The molecule has 0 heterocycles. The summed E-state index contributed by atoms with van der Waals surface area (Å²) in [5, 5.41) is 2.87. The molecular weight excluding hydrogens is 309 g/mol. The highest BCUT2D eigenvalue weighted by atomic mass is 35.5. The first kappa shape index (κ1) is 14.6. The normalized spacial score (nSPS) is 10.4. The predicted molar refractivity (Wildman–Crippen MR) is 76.9 cm³/mol. The summed E-state index contributed by atoms with van der Waals surface area (Å²) >= 11 is 10.8. The number of benzene rings is 2. The molecule has 2 nitrogen and oxygen atoms in total. The van der Waals surface area contributed by atoms with Crippen molar-refractivity contribution in [2.75, 3.05) is 5.32 Å². The lowest BCUT2D eigenvalue weighted by molar-refractivity contribution is 0.496. The quantitative estimate of drug-likeness (QED) is 0.660. The molecule has 0 aliphatic carbocycles. The highest BCUT2D eigenvalue weighted by Gasteiger charge is 2.14. The molecule has 2 aromatic rings. The minimum Gasteiger partial charge on any atom is -0.389 e. The fourth-order valence-electron chi connectivity index (χ4n) is 1.64. The fraction of sp³-hybridized carbons (Fsp3) is 0. The van der Waals surface area contributed by atoms with Crippen molar-refractivity contribution >= 4 is 40.2 Å². The largest absolute Gasteiger partial charge is 0.389 e. The van der Waals surface area contributed by atoms with Crippen LogP contribution in [0.4, 0.5) is 24.5 Å². The van der Waals surface area contributed by atoms with Gasteiger partial charge in [-0.05, 0) is 12.1 Å². The van der Waals surface area contributed by atoms with Gasteiger partial charge in [0.15, 0.2) is 11.6 Å². The monoisotopic (exact) mass is 316 g/mol. The number of nitrogens with one attached hydrogen (secondary N) is 1. The molecule has 2 rings (SSSR count). The number of anilines is 2. The Labute approximate surface area is 123 Å². The second kappa shape index (κ2) is 5.68. The molecule has 0 radical (unpaired) electrons. The average molecular weight is 317 g/mol. The van der Waals surface area contributed by atoms with Crippen molar-refractivity contribution in [2.24, 2.45) is 5.73 Å². The van der Waals surface area contributed by atoms with Crippen LogP contribution >= 0.6 is 23.8 Å². The van der Waals surface area contributed by atoms with E-state index in [4.69, 9.17) is 29.6 Å². The molecule has 2 aromatic carbocycles. The van der Waals surface area contributed by atoms with Crippen LogP contribution in [-0.2, 0) is 0 Å². The minimum atomic E-state index is -1.27. The molecule has 0 aliphatic heterocycles. The Balaban J connectivity index is 2.48. The van der Waals surface area contributed by atoms with Gasteiger partial charge in [-0.1, -0.05) is 29.9 Å². The molecule has 0 bridgehead atoms. The molecule has 0 unspecified atom stereocenters. The van der Waals surface area contributed by atoms with E-state index in [2.05, 4.69) is 5.32 Å². The molecule has 0 spiro atoms. The Morgan fingerprint density at radius 1 is 1.05 bits per heavy atom. The van der Waals surface area contributed by atoms with Gasteiger partial charge in [0, 0.05) is 12.1 Å². The van der Waals surface area contributed by atoms with Gasteiger partial charge in [-0.15, -0.1) is 0 Å². The van der Waals surface area contributed by atoms with Crippen LogP contribution in [0.15, 0.2) is 30.3 Å². The van der Waals surface area contributed by atoms with Crippen molar-refractivity contribution in [1.29, 1.82) is 0 Å². The summed E-state index contributed by atoms with van der Waals surface area (Å²) in [6, 6.07) is 5.84. The molecule has 3 N–H and O–H groups in total. The number of hydrogen-bond donors (Lipinski definition) is 2. The lowest BCUT2D eigenvalue weighted by atomic mass is 10.1. The van der Waals surface area contributed by atoms with Gasteiger partial charge >= 0.3 is 0 Å². The van der Waals surface area contributed by atoms with Gasteiger partial charge in [0.25, 0.3) is 0 Å². The third-order valence-corrected chi connectivity index (χ3v) is 3.06. The Morgan fingerprint density at radius 2 is 1.70 bits per heavy atom. The second-order valence-corrected chi connectivity index (χ2v) is 4.74. The van der Waals surface area contributed by atoms with E-state index in [-0.39, 0.29) is 15.7 Å². The zero-order chi connectivity index (χ0) is 14.9. The van der Waals surface area contributed by atoms with Crippen molar-refractivity contribution < 1.29 is 13.2 Å². The maximum absolute atomic E-state index is 13.6. The number of rotatable bonds is 3. The highest BCUT2D eigenvalue weighted by Crippen LogP contribution is 2.29. The molecule has 20 heavy (non-hydrogen) atoms. The third kappa shape index (κ3) is 2.86. The summed E-state index contributed by atoms with van der Waals surface area (Å²) in [6.45, 7) is 0. The van der Waals surface area contributed by atoms with Gasteiger partial charge in [0.2, 0.25) is 0 Å². The van der Waals surface area contributed by atoms with Gasteiger partial charge in [-0.2, -0.15) is 0 Å². The van der Waals surface area contributed by atoms with Crippen molar-refractivity contribution in [2.45, 2.75) is 0 Å². The molecule has 0 saturated heterocycles. The SMILES string of the molecule is NC(=S)c1c(Cl)cccc1Nc1cc(F)c(F)cc1F. The van der Waals surface area contributed by atoms with Crippen LogP contribution in [0.3, 0.4) is 0 Å². The first-order valence-electron chi connectivity index (χ1n) is 5.40. The summed E-state index contributed by atoms with van der Waals surface area (Å²) in [5.74, 6) is -3.39. The topological polar surface area (TPSA) is 38.0 Å². The average Bonchev–Trinajstić information content (AvgIpc) is 2.35.